The summed E-state index contributed by atoms with van der Waals surface area (Å²) in [5.74, 6) is -0.247. The van der Waals surface area contributed by atoms with Gasteiger partial charge in [0.25, 0.3) is 0 Å². The number of thiazole rings is 1. The molecule has 1 N–H and O–H groups in total. The summed E-state index contributed by atoms with van der Waals surface area (Å²) in [6.45, 7) is 4.33. The van der Waals surface area contributed by atoms with Crippen molar-refractivity contribution in [3.8, 4) is 5.75 Å². The first-order chi connectivity index (χ1) is 10.0. The van der Waals surface area contributed by atoms with E-state index in [0.29, 0.717) is 5.75 Å². The molecule has 0 amide bonds. The maximum atomic E-state index is 11.3. The van der Waals surface area contributed by atoms with Crippen molar-refractivity contribution in [3.63, 3.8) is 0 Å². The standard InChI is InChI=1S/C14H14N2O3S2/c1-8(2)11-5-10(12(21-11)13(17)18)19-7-9-6-16-3-4-20-14(16)15-9/h3-6,8H,7H2,1-2H3,(H,17,18). The maximum Gasteiger partial charge on any atom is 0.349 e. The first kappa shape index (κ1) is 14.1. The number of hydrogen-bond acceptors (Lipinski definition) is 5. The molecule has 0 aliphatic rings. The highest BCUT2D eigenvalue weighted by molar-refractivity contribution is 7.15. The summed E-state index contributed by atoms with van der Waals surface area (Å²) in [4.78, 5) is 17.9. The molecule has 3 heterocycles. The fraction of sp³-hybridized carbons (Fsp3) is 0.286. The number of rotatable bonds is 5. The highest BCUT2D eigenvalue weighted by Crippen LogP contribution is 2.34. The van der Waals surface area contributed by atoms with Gasteiger partial charge in [-0.05, 0) is 12.0 Å². The molecule has 0 saturated carbocycles. The largest absolute Gasteiger partial charge is 0.485 e. The highest BCUT2D eigenvalue weighted by Gasteiger charge is 2.18. The summed E-state index contributed by atoms with van der Waals surface area (Å²) < 4.78 is 7.60. The van der Waals surface area contributed by atoms with Crippen molar-refractivity contribution in [2.45, 2.75) is 26.4 Å². The van der Waals surface area contributed by atoms with E-state index in [-0.39, 0.29) is 17.4 Å². The van der Waals surface area contributed by atoms with Crippen LogP contribution >= 0.6 is 22.7 Å². The summed E-state index contributed by atoms with van der Waals surface area (Å²) in [6, 6.07) is 1.82. The van der Waals surface area contributed by atoms with E-state index in [1.54, 1.807) is 11.3 Å². The van der Waals surface area contributed by atoms with Gasteiger partial charge in [0.2, 0.25) is 0 Å². The zero-order valence-corrected chi connectivity index (χ0v) is 13.2. The molecule has 3 rings (SSSR count). The van der Waals surface area contributed by atoms with Crippen molar-refractivity contribution in [2.24, 2.45) is 0 Å². The Morgan fingerprint density at radius 2 is 2.33 bits per heavy atom. The number of ether oxygens (including phenoxy) is 1. The van der Waals surface area contributed by atoms with Gasteiger partial charge in [0, 0.05) is 22.7 Å². The van der Waals surface area contributed by atoms with Crippen LogP contribution < -0.4 is 4.74 Å². The molecule has 7 heteroatoms. The van der Waals surface area contributed by atoms with Crippen LogP contribution in [-0.2, 0) is 6.61 Å². The van der Waals surface area contributed by atoms with Crippen molar-refractivity contribution in [2.75, 3.05) is 0 Å². The zero-order valence-electron chi connectivity index (χ0n) is 11.6. The lowest BCUT2D eigenvalue weighted by atomic mass is 10.2. The molecule has 21 heavy (non-hydrogen) atoms. The summed E-state index contributed by atoms with van der Waals surface area (Å²) in [6.07, 6.45) is 3.82. The molecule has 0 unspecified atom stereocenters. The molecule has 0 spiro atoms. The lowest BCUT2D eigenvalue weighted by molar-refractivity contribution is 0.0697. The second-order valence-corrected chi connectivity index (χ2v) is 6.87. The van der Waals surface area contributed by atoms with Gasteiger partial charge >= 0.3 is 5.97 Å². The normalized spacial score (nSPS) is 11.4. The van der Waals surface area contributed by atoms with Gasteiger partial charge in [-0.2, -0.15) is 0 Å². The van der Waals surface area contributed by atoms with E-state index in [2.05, 4.69) is 4.98 Å². The summed E-state index contributed by atoms with van der Waals surface area (Å²) in [5, 5.41) is 11.2. The molecule has 5 nitrogen and oxygen atoms in total. The van der Waals surface area contributed by atoms with Crippen LogP contribution in [0.15, 0.2) is 23.8 Å². The van der Waals surface area contributed by atoms with Crippen molar-refractivity contribution in [1.82, 2.24) is 9.38 Å². The van der Waals surface area contributed by atoms with Crippen molar-refractivity contribution >= 4 is 33.6 Å². The number of carboxylic acids is 1. The Bertz CT molecular complexity index is 757. The zero-order chi connectivity index (χ0) is 15.0. The Balaban J connectivity index is 1.80. The summed E-state index contributed by atoms with van der Waals surface area (Å²) in [5.41, 5.74) is 0.787. The number of thiophene rings is 1. The molecule has 0 aliphatic carbocycles. The van der Waals surface area contributed by atoms with Gasteiger partial charge in [-0.25, -0.2) is 9.78 Å². The third-order valence-electron chi connectivity index (χ3n) is 3.00. The van der Waals surface area contributed by atoms with E-state index in [0.717, 1.165) is 15.5 Å². The predicted molar refractivity (Wildman–Crippen MR) is 82.8 cm³/mol. The first-order valence-electron chi connectivity index (χ1n) is 6.45. The second kappa shape index (κ2) is 5.50. The molecular formula is C14H14N2O3S2. The topological polar surface area (TPSA) is 63.8 Å². The fourth-order valence-corrected chi connectivity index (χ4v) is 3.59. The van der Waals surface area contributed by atoms with E-state index >= 15 is 0 Å². The maximum absolute atomic E-state index is 11.3. The number of aromatic nitrogens is 2. The van der Waals surface area contributed by atoms with Crippen LogP contribution in [0.4, 0.5) is 0 Å². The van der Waals surface area contributed by atoms with Crippen molar-refractivity contribution < 1.29 is 14.6 Å². The van der Waals surface area contributed by atoms with Crippen molar-refractivity contribution in [3.05, 3.63) is 39.3 Å². The molecule has 110 valence electrons. The van der Waals surface area contributed by atoms with Gasteiger partial charge in [0.15, 0.2) is 9.84 Å². The van der Waals surface area contributed by atoms with Gasteiger partial charge in [-0.1, -0.05) is 13.8 Å². The highest BCUT2D eigenvalue weighted by atomic mass is 32.1. The van der Waals surface area contributed by atoms with Crippen LogP contribution in [0.1, 0.15) is 40.0 Å². The monoisotopic (exact) mass is 322 g/mol. The van der Waals surface area contributed by atoms with Crippen LogP contribution in [0.3, 0.4) is 0 Å². The average molecular weight is 322 g/mol. The Morgan fingerprint density at radius 1 is 1.52 bits per heavy atom. The Kier molecular flexibility index (Phi) is 3.69. The van der Waals surface area contributed by atoms with Crippen LogP contribution in [0, 0.1) is 0 Å². The van der Waals surface area contributed by atoms with Crippen LogP contribution in [0.2, 0.25) is 0 Å². The van der Waals surface area contributed by atoms with E-state index in [1.165, 1.54) is 11.3 Å². The summed E-state index contributed by atoms with van der Waals surface area (Å²) in [7, 11) is 0. The average Bonchev–Trinajstić information content (AvgIpc) is 3.09. The van der Waals surface area contributed by atoms with Gasteiger partial charge in [-0.15, -0.1) is 22.7 Å². The lowest BCUT2D eigenvalue weighted by Crippen LogP contribution is -2.00. The van der Waals surface area contributed by atoms with E-state index in [9.17, 15) is 9.90 Å². The third-order valence-corrected chi connectivity index (χ3v) is 5.17. The van der Waals surface area contributed by atoms with Crippen LogP contribution in [-0.4, -0.2) is 20.5 Å². The number of fused-ring (bicyclic) bond motifs is 1. The molecule has 3 aromatic rings. The minimum absolute atomic E-state index is 0.250. The lowest BCUT2D eigenvalue weighted by Gasteiger charge is -2.02. The molecule has 3 aromatic heterocycles. The molecule has 0 saturated heterocycles. The van der Waals surface area contributed by atoms with E-state index < -0.39 is 5.97 Å². The Morgan fingerprint density at radius 3 is 3.00 bits per heavy atom. The molecular weight excluding hydrogens is 308 g/mol. The molecule has 0 aromatic carbocycles. The minimum Gasteiger partial charge on any atom is -0.485 e. The third kappa shape index (κ3) is 2.79. The number of carboxylic acid groups (broad SMARTS) is 1. The van der Waals surface area contributed by atoms with Gasteiger partial charge in [0.1, 0.15) is 12.4 Å². The smallest absolute Gasteiger partial charge is 0.349 e. The molecule has 0 bridgehead atoms. The molecule has 0 fully saturated rings. The first-order valence-corrected chi connectivity index (χ1v) is 8.15. The van der Waals surface area contributed by atoms with Crippen LogP contribution in [0.25, 0.3) is 4.96 Å². The van der Waals surface area contributed by atoms with Gasteiger partial charge in [-0.3, -0.25) is 4.40 Å². The minimum atomic E-state index is -0.951. The molecule has 0 aliphatic heterocycles. The molecule has 0 radical (unpaired) electrons. The number of hydrogen-bond donors (Lipinski definition) is 1. The predicted octanol–water partition coefficient (Wildman–Crippen LogP) is 3.86. The SMILES string of the molecule is CC(C)c1cc(OCc2cn3ccsc3n2)c(C(=O)O)s1. The van der Waals surface area contributed by atoms with Crippen LogP contribution in [0.5, 0.6) is 5.75 Å². The number of nitrogens with zero attached hydrogens (tertiary/aromatic N) is 2. The fourth-order valence-electron chi connectivity index (χ4n) is 1.93. The Labute approximate surface area is 129 Å². The van der Waals surface area contributed by atoms with E-state index in [1.807, 2.05) is 42.1 Å². The Hall–Kier alpha value is -1.86. The van der Waals surface area contributed by atoms with Gasteiger partial charge < -0.3 is 9.84 Å². The quantitative estimate of drug-likeness (QED) is 0.775. The van der Waals surface area contributed by atoms with Gasteiger partial charge in [0.05, 0.1) is 5.69 Å². The summed E-state index contributed by atoms with van der Waals surface area (Å²) >= 11 is 2.82. The van der Waals surface area contributed by atoms with E-state index in [4.69, 9.17) is 4.74 Å². The molecule has 0 atom stereocenters. The number of imidazole rings is 1. The number of carbonyl (C=O) groups is 1. The second-order valence-electron chi connectivity index (χ2n) is 4.92. The number of aromatic carboxylic acids is 1. The van der Waals surface area contributed by atoms with Crippen molar-refractivity contribution in [1.29, 1.82) is 0 Å².